The first-order valence-corrected chi connectivity index (χ1v) is 15.7. The molecule has 1 atom stereocenters. The van der Waals surface area contributed by atoms with Crippen molar-refractivity contribution in [3.8, 4) is 5.88 Å². The monoisotopic (exact) mass is 715 g/mol. The minimum Gasteiger partial charge on any atom is -0.481 e. The highest BCUT2D eigenvalue weighted by Gasteiger charge is 2.20. The van der Waals surface area contributed by atoms with Gasteiger partial charge in [-0.15, -0.1) is 0 Å². The van der Waals surface area contributed by atoms with Gasteiger partial charge in [0.1, 0.15) is 12.3 Å². The number of nitrogens with zero attached hydrogens (tertiary/aromatic N) is 4. The normalized spacial score (nSPS) is 11.8. The second-order valence-corrected chi connectivity index (χ2v) is 10.6. The molecule has 0 unspecified atom stereocenters. The van der Waals surface area contributed by atoms with Gasteiger partial charge in [-0.1, -0.05) is 23.2 Å². The Balaban J connectivity index is 1.32. The second kappa shape index (κ2) is 21.2. The van der Waals surface area contributed by atoms with Crippen LogP contribution < -0.4 is 20.7 Å². The summed E-state index contributed by atoms with van der Waals surface area (Å²) in [6.45, 7) is 4.46. The number of rotatable bonds is 23. The van der Waals surface area contributed by atoms with E-state index in [1.54, 1.807) is 13.0 Å². The first-order valence-electron chi connectivity index (χ1n) is 14.9. The largest absolute Gasteiger partial charge is 0.481 e. The maximum atomic E-state index is 13.0. The minimum atomic E-state index is -0.905. The smallest absolute Gasteiger partial charge is 0.323 e. The van der Waals surface area contributed by atoms with Crippen LogP contribution in [0.4, 0.5) is 16.2 Å². The predicted octanol–water partition coefficient (Wildman–Crippen LogP) is 3.21. The predicted molar refractivity (Wildman–Crippen MR) is 174 cm³/mol. The number of pyridine rings is 1. The second-order valence-electron chi connectivity index (χ2n) is 9.80. The molecule has 3 rings (SSSR count). The van der Waals surface area contributed by atoms with Gasteiger partial charge in [0.05, 0.1) is 94.5 Å². The average Bonchev–Trinajstić information content (AvgIpc) is 3.43. The highest BCUT2D eigenvalue weighted by atomic mass is 35.5. The first-order chi connectivity index (χ1) is 23.2. The highest BCUT2D eigenvalue weighted by Crippen LogP contribution is 2.28. The van der Waals surface area contributed by atoms with E-state index < -0.39 is 18.1 Å². The molecule has 17 nitrogen and oxygen atoms in total. The number of aliphatic carboxylic acids is 1. The molecule has 0 saturated heterocycles. The Bertz CT molecular complexity index is 1480. The summed E-state index contributed by atoms with van der Waals surface area (Å²) in [5.74, 6) is -1.04. The number of halogens is 2. The minimum absolute atomic E-state index is 0.0390. The van der Waals surface area contributed by atoms with Gasteiger partial charge in [-0.25, -0.2) is 19.3 Å². The molecule has 0 aliphatic rings. The van der Waals surface area contributed by atoms with Crippen LogP contribution in [0, 0.1) is 0 Å². The summed E-state index contributed by atoms with van der Waals surface area (Å²) in [6, 6.07) is 2.44. The Labute approximate surface area is 286 Å². The fourth-order valence-corrected chi connectivity index (χ4v) is 4.27. The van der Waals surface area contributed by atoms with Gasteiger partial charge >= 0.3 is 12.0 Å². The lowest BCUT2D eigenvalue weighted by molar-refractivity contribution is -0.138. The van der Waals surface area contributed by atoms with Crippen LogP contribution >= 0.6 is 23.2 Å². The number of ether oxygens (including phenoxy) is 6. The number of carboxylic acid groups (broad SMARTS) is 1. The quantitative estimate of drug-likeness (QED) is 0.104. The summed E-state index contributed by atoms with van der Waals surface area (Å²) in [7, 11) is 1.53. The van der Waals surface area contributed by atoms with Gasteiger partial charge < -0.3 is 49.5 Å². The molecule has 3 amide bonds. The Morgan fingerprint density at radius 3 is 2.12 bits per heavy atom. The summed E-state index contributed by atoms with van der Waals surface area (Å²) in [4.78, 5) is 43.9. The molecule has 3 aromatic heterocycles. The van der Waals surface area contributed by atoms with E-state index in [0.717, 1.165) is 0 Å². The van der Waals surface area contributed by atoms with Gasteiger partial charge in [-0.2, -0.15) is 5.10 Å². The Morgan fingerprint density at radius 1 is 0.854 bits per heavy atom. The van der Waals surface area contributed by atoms with E-state index in [0.29, 0.717) is 56.7 Å². The number of anilines is 2. The van der Waals surface area contributed by atoms with E-state index in [4.69, 9.17) is 56.7 Å². The fourth-order valence-electron chi connectivity index (χ4n) is 3.94. The number of carbonyl (C=O) groups excluding carboxylic acids is 2. The summed E-state index contributed by atoms with van der Waals surface area (Å²) in [5, 5.41) is 21.4. The van der Waals surface area contributed by atoms with Gasteiger partial charge in [-0.3, -0.25) is 9.59 Å². The molecule has 0 spiro atoms. The Morgan fingerprint density at radius 2 is 1.48 bits per heavy atom. The molecule has 3 aromatic rings. The van der Waals surface area contributed by atoms with Crippen molar-refractivity contribution in [3.05, 3.63) is 40.4 Å². The number of carbonyl (C=O) groups is 3. The number of urea groups is 1. The van der Waals surface area contributed by atoms with Crippen molar-refractivity contribution >= 4 is 58.1 Å². The van der Waals surface area contributed by atoms with E-state index in [2.05, 4.69) is 31.0 Å². The third-order valence-electron chi connectivity index (χ3n) is 6.26. The van der Waals surface area contributed by atoms with Crippen molar-refractivity contribution in [1.82, 2.24) is 24.9 Å². The lowest BCUT2D eigenvalue weighted by atomic mass is 10.2. The van der Waals surface area contributed by atoms with Crippen LogP contribution in [0.3, 0.4) is 0 Å². The fraction of sp³-hybridized carbons (Fsp3) is 0.517. The SMILES string of the molecule is CO[C@@H](C)c1c(NC(=O)Nc2cc(Cl)cnc2OCCNC(=O)CCOCCOCCOCCOCCC(=O)O)cnc2cc(Cl)nn12. The standard InChI is InChI=1S/C29H39Cl2N7O10/c1-19(43-2)27-22(18-33-24-16-23(31)37-38(24)27)36-29(42)35-21-15-20(30)17-34-28(21)48-8-5-32-25(39)3-6-44-9-11-46-13-14-47-12-10-45-7-4-26(40)41/h15-19H,3-14H2,1-2H3,(H,32,39)(H,40,41)(H2,35,36,42)/t19-/m0/s1. The highest BCUT2D eigenvalue weighted by molar-refractivity contribution is 6.31. The first kappa shape index (κ1) is 38.6. The maximum Gasteiger partial charge on any atom is 0.323 e. The zero-order valence-corrected chi connectivity index (χ0v) is 28.1. The third-order valence-corrected chi connectivity index (χ3v) is 6.65. The summed E-state index contributed by atoms with van der Waals surface area (Å²) in [6.07, 6.45) is 2.49. The molecular formula is C29H39Cl2N7O10. The van der Waals surface area contributed by atoms with Crippen LogP contribution in [0.15, 0.2) is 24.5 Å². The van der Waals surface area contributed by atoms with Crippen molar-refractivity contribution in [1.29, 1.82) is 0 Å². The van der Waals surface area contributed by atoms with Gasteiger partial charge in [0.2, 0.25) is 11.8 Å². The topological polar surface area (TPSA) is 206 Å². The van der Waals surface area contributed by atoms with Crippen molar-refractivity contribution in [2.45, 2.75) is 25.9 Å². The number of nitrogens with one attached hydrogen (secondary N) is 3. The van der Waals surface area contributed by atoms with E-state index >= 15 is 0 Å². The zero-order chi connectivity index (χ0) is 34.7. The molecule has 48 heavy (non-hydrogen) atoms. The van der Waals surface area contributed by atoms with Gasteiger partial charge in [0, 0.05) is 25.8 Å². The van der Waals surface area contributed by atoms with Crippen LogP contribution in [0.1, 0.15) is 31.6 Å². The van der Waals surface area contributed by atoms with Crippen LogP contribution in [0.5, 0.6) is 5.88 Å². The molecule has 19 heteroatoms. The van der Waals surface area contributed by atoms with E-state index in [-0.39, 0.29) is 66.9 Å². The Kier molecular flexibility index (Phi) is 17.0. The van der Waals surface area contributed by atoms with Crippen molar-refractivity contribution in [2.24, 2.45) is 0 Å². The number of methoxy groups -OCH3 is 1. The van der Waals surface area contributed by atoms with Crippen LogP contribution in [0.2, 0.25) is 10.2 Å². The lowest BCUT2D eigenvalue weighted by Gasteiger charge is -2.17. The summed E-state index contributed by atoms with van der Waals surface area (Å²) < 4.78 is 33.8. The van der Waals surface area contributed by atoms with E-state index in [1.807, 2.05) is 0 Å². The van der Waals surface area contributed by atoms with Gasteiger partial charge in [0.15, 0.2) is 10.8 Å². The van der Waals surface area contributed by atoms with E-state index in [9.17, 15) is 14.4 Å². The number of hydrogen-bond acceptors (Lipinski definition) is 12. The Hall–Kier alpha value is -3.84. The number of amides is 3. The third kappa shape index (κ3) is 13.7. The molecule has 0 aliphatic heterocycles. The average molecular weight is 717 g/mol. The number of hydrogen-bond donors (Lipinski definition) is 4. The van der Waals surface area contributed by atoms with Gasteiger partial charge in [0.25, 0.3) is 0 Å². The van der Waals surface area contributed by atoms with Crippen LogP contribution in [0.25, 0.3) is 5.65 Å². The molecule has 0 saturated carbocycles. The summed E-state index contributed by atoms with van der Waals surface area (Å²) in [5.41, 5.74) is 1.55. The molecule has 0 aliphatic carbocycles. The number of fused-ring (bicyclic) bond motifs is 1. The zero-order valence-electron chi connectivity index (χ0n) is 26.5. The van der Waals surface area contributed by atoms with Crippen molar-refractivity contribution in [3.63, 3.8) is 0 Å². The van der Waals surface area contributed by atoms with Crippen molar-refractivity contribution < 1.29 is 47.9 Å². The molecule has 4 N–H and O–H groups in total. The number of aromatic nitrogens is 4. The molecule has 3 heterocycles. The molecular weight excluding hydrogens is 677 g/mol. The van der Waals surface area contributed by atoms with Gasteiger partial charge in [-0.05, 0) is 13.0 Å². The van der Waals surface area contributed by atoms with Crippen molar-refractivity contribution in [2.75, 3.05) is 83.8 Å². The van der Waals surface area contributed by atoms with E-state index in [1.165, 1.54) is 30.1 Å². The molecule has 0 fully saturated rings. The number of carboxylic acids is 1. The van der Waals surface area contributed by atoms with Crippen LogP contribution in [-0.2, 0) is 33.3 Å². The molecule has 0 radical (unpaired) electrons. The molecule has 0 bridgehead atoms. The molecule has 0 aromatic carbocycles. The maximum absolute atomic E-state index is 13.0. The lowest BCUT2D eigenvalue weighted by Crippen LogP contribution is -2.29. The van der Waals surface area contributed by atoms with Crippen LogP contribution in [-0.4, -0.2) is 116 Å². The summed E-state index contributed by atoms with van der Waals surface area (Å²) >= 11 is 12.2. The molecule has 264 valence electrons.